The molecule has 0 atom stereocenters. The van der Waals surface area contributed by atoms with E-state index < -0.39 is 11.7 Å². The van der Waals surface area contributed by atoms with E-state index in [0.29, 0.717) is 13.1 Å². The van der Waals surface area contributed by atoms with Gasteiger partial charge in [-0.05, 0) is 43.0 Å². The first-order valence-electron chi connectivity index (χ1n) is 6.94. The van der Waals surface area contributed by atoms with Gasteiger partial charge in [-0.25, -0.2) is 0 Å². The monoisotopic (exact) mass is 305 g/mol. The summed E-state index contributed by atoms with van der Waals surface area (Å²) < 4.78 is 39.9. The molecule has 0 spiro atoms. The lowest BCUT2D eigenvalue weighted by Gasteiger charge is -2.31. The Morgan fingerprint density at radius 2 is 1.73 bits per heavy atom. The minimum atomic E-state index is -4.48. The molecule has 1 heterocycles. The van der Waals surface area contributed by atoms with Crippen LogP contribution in [0.3, 0.4) is 0 Å². The summed E-state index contributed by atoms with van der Waals surface area (Å²) in [6.07, 6.45) is -0.518. The zero-order valence-corrected chi connectivity index (χ0v) is 11.8. The molecule has 0 N–H and O–H groups in total. The molecule has 1 saturated heterocycles. The molecule has 114 valence electrons. The van der Waals surface area contributed by atoms with Crippen LogP contribution < -0.4 is 4.90 Å². The summed E-state index contributed by atoms with van der Waals surface area (Å²) >= 11 is 0. The number of alkyl halides is 3. The van der Waals surface area contributed by atoms with Crippen molar-refractivity contribution in [3.8, 4) is 12.1 Å². The Labute approximate surface area is 126 Å². The Bertz CT molecular complexity index is 641. The Kier molecular flexibility index (Phi) is 4.72. The highest BCUT2D eigenvalue weighted by atomic mass is 19.4. The van der Waals surface area contributed by atoms with Gasteiger partial charge >= 0.3 is 6.18 Å². The summed E-state index contributed by atoms with van der Waals surface area (Å²) in [5.41, 5.74) is -0.580. The quantitative estimate of drug-likeness (QED) is 0.772. The highest BCUT2D eigenvalue weighted by Crippen LogP contribution is 2.38. The molecule has 0 saturated carbocycles. The number of halogens is 3. The third-order valence-corrected chi connectivity index (χ3v) is 3.57. The number of anilines is 1. The Morgan fingerprint density at radius 1 is 1.09 bits per heavy atom. The molecule has 0 unspecified atom stereocenters. The molecule has 0 bridgehead atoms. The number of piperidine rings is 1. The Balaban J connectivity index is 2.46. The van der Waals surface area contributed by atoms with Crippen molar-refractivity contribution in [2.45, 2.75) is 25.4 Å². The van der Waals surface area contributed by atoms with Gasteiger partial charge < -0.3 is 4.90 Å². The largest absolute Gasteiger partial charge is 0.418 e. The minimum Gasteiger partial charge on any atom is -0.371 e. The Morgan fingerprint density at radius 3 is 2.27 bits per heavy atom. The van der Waals surface area contributed by atoms with Crippen molar-refractivity contribution in [1.82, 2.24) is 0 Å². The number of benzene rings is 1. The molecule has 0 amide bonds. The van der Waals surface area contributed by atoms with Gasteiger partial charge in [0.25, 0.3) is 0 Å². The maximum Gasteiger partial charge on any atom is 0.418 e. The van der Waals surface area contributed by atoms with Crippen LogP contribution in [-0.4, -0.2) is 13.1 Å². The van der Waals surface area contributed by atoms with Crippen LogP contribution >= 0.6 is 0 Å². The molecule has 6 heteroatoms. The topological polar surface area (TPSA) is 50.8 Å². The third-order valence-electron chi connectivity index (χ3n) is 3.57. The maximum absolute atomic E-state index is 13.3. The number of hydrogen-bond donors (Lipinski definition) is 0. The van der Waals surface area contributed by atoms with Gasteiger partial charge in [-0.3, -0.25) is 0 Å². The predicted molar refractivity (Wildman–Crippen MR) is 76.7 cm³/mol. The first-order chi connectivity index (χ1) is 10.5. The molecule has 0 radical (unpaired) electrons. The smallest absolute Gasteiger partial charge is 0.371 e. The number of rotatable bonds is 2. The SMILES string of the molecule is N#CC(C#N)=Cc1ccc(N2CCCCC2)c(C(F)(F)F)c1. The second-order valence-electron chi connectivity index (χ2n) is 5.10. The van der Waals surface area contributed by atoms with Crippen LogP contribution in [0.5, 0.6) is 0 Å². The van der Waals surface area contributed by atoms with Gasteiger partial charge in [0.15, 0.2) is 0 Å². The van der Waals surface area contributed by atoms with Gasteiger partial charge in [0.1, 0.15) is 17.7 Å². The highest BCUT2D eigenvalue weighted by Gasteiger charge is 2.35. The maximum atomic E-state index is 13.3. The van der Waals surface area contributed by atoms with Crippen molar-refractivity contribution in [3.63, 3.8) is 0 Å². The van der Waals surface area contributed by atoms with Crippen LogP contribution in [0.15, 0.2) is 23.8 Å². The first kappa shape index (κ1) is 15.9. The van der Waals surface area contributed by atoms with Crippen molar-refractivity contribution in [1.29, 1.82) is 10.5 Å². The highest BCUT2D eigenvalue weighted by molar-refractivity contribution is 5.66. The van der Waals surface area contributed by atoms with E-state index in [1.807, 2.05) is 0 Å². The van der Waals surface area contributed by atoms with Crippen molar-refractivity contribution in [3.05, 3.63) is 34.9 Å². The molecule has 1 fully saturated rings. The molecular weight excluding hydrogens is 291 g/mol. The van der Waals surface area contributed by atoms with Crippen molar-refractivity contribution in [2.24, 2.45) is 0 Å². The number of nitriles is 2. The fourth-order valence-electron chi connectivity index (χ4n) is 2.54. The van der Waals surface area contributed by atoms with E-state index in [-0.39, 0.29) is 16.8 Å². The van der Waals surface area contributed by atoms with E-state index in [0.717, 1.165) is 31.4 Å². The summed E-state index contributed by atoms with van der Waals surface area (Å²) in [4.78, 5) is 1.75. The molecule has 1 aliphatic heterocycles. The van der Waals surface area contributed by atoms with Crippen molar-refractivity contribution < 1.29 is 13.2 Å². The average Bonchev–Trinajstić information content (AvgIpc) is 2.52. The fourth-order valence-corrected chi connectivity index (χ4v) is 2.54. The van der Waals surface area contributed by atoms with Crippen LogP contribution in [0, 0.1) is 22.7 Å². The average molecular weight is 305 g/mol. The molecule has 3 nitrogen and oxygen atoms in total. The third kappa shape index (κ3) is 3.59. The van der Waals surface area contributed by atoms with Gasteiger partial charge in [-0.1, -0.05) is 6.07 Å². The Hall–Kier alpha value is -2.47. The standard InChI is InChI=1S/C16H14F3N3/c17-16(18,19)14-9-12(8-13(10-20)11-21)4-5-15(14)22-6-2-1-3-7-22/h4-5,8-9H,1-3,6-7H2. The summed E-state index contributed by atoms with van der Waals surface area (Å²) in [6, 6.07) is 7.22. The zero-order chi connectivity index (χ0) is 16.2. The molecule has 1 aromatic rings. The van der Waals surface area contributed by atoms with Gasteiger partial charge in [0.05, 0.1) is 5.56 Å². The first-order valence-corrected chi connectivity index (χ1v) is 6.94. The van der Waals surface area contributed by atoms with E-state index in [2.05, 4.69) is 0 Å². The van der Waals surface area contributed by atoms with Crippen LogP contribution in [0.2, 0.25) is 0 Å². The molecule has 2 rings (SSSR count). The summed E-state index contributed by atoms with van der Waals surface area (Å²) in [6.45, 7) is 1.22. The molecule has 1 aliphatic rings. The van der Waals surface area contributed by atoms with Gasteiger partial charge in [0, 0.05) is 18.8 Å². The second kappa shape index (κ2) is 6.53. The van der Waals surface area contributed by atoms with E-state index in [1.165, 1.54) is 12.1 Å². The summed E-state index contributed by atoms with van der Waals surface area (Å²) in [5.74, 6) is 0. The van der Waals surface area contributed by atoms with Gasteiger partial charge in [0.2, 0.25) is 0 Å². The van der Waals surface area contributed by atoms with Crippen molar-refractivity contribution in [2.75, 3.05) is 18.0 Å². The lowest BCUT2D eigenvalue weighted by Crippen LogP contribution is -2.31. The van der Waals surface area contributed by atoms with Crippen LogP contribution in [0.4, 0.5) is 18.9 Å². The summed E-state index contributed by atoms with van der Waals surface area (Å²) in [7, 11) is 0. The lowest BCUT2D eigenvalue weighted by atomic mass is 10.0. The summed E-state index contributed by atoms with van der Waals surface area (Å²) in [5, 5.41) is 17.4. The van der Waals surface area contributed by atoms with Gasteiger partial charge in [-0.15, -0.1) is 0 Å². The zero-order valence-electron chi connectivity index (χ0n) is 11.8. The molecule has 1 aromatic carbocycles. The molecule has 22 heavy (non-hydrogen) atoms. The molecule has 0 aliphatic carbocycles. The van der Waals surface area contributed by atoms with Crippen LogP contribution in [0.1, 0.15) is 30.4 Å². The number of nitrogens with zero attached hydrogens (tertiary/aromatic N) is 3. The predicted octanol–water partition coefficient (Wildman–Crippen LogP) is 4.13. The minimum absolute atomic E-state index is 0.166. The van der Waals surface area contributed by atoms with E-state index in [9.17, 15) is 13.2 Å². The molecular formula is C16H14F3N3. The second-order valence-corrected chi connectivity index (χ2v) is 5.10. The van der Waals surface area contributed by atoms with Crippen molar-refractivity contribution >= 4 is 11.8 Å². The normalized spacial score (nSPS) is 14.9. The molecule has 0 aromatic heterocycles. The number of allylic oxidation sites excluding steroid dienone is 1. The van der Waals surface area contributed by atoms with E-state index in [1.54, 1.807) is 17.0 Å². The van der Waals surface area contributed by atoms with Crippen LogP contribution in [-0.2, 0) is 6.18 Å². The van der Waals surface area contributed by atoms with Crippen LogP contribution in [0.25, 0.3) is 6.08 Å². The van der Waals surface area contributed by atoms with E-state index >= 15 is 0 Å². The fraction of sp³-hybridized carbons (Fsp3) is 0.375. The van der Waals surface area contributed by atoms with Gasteiger partial charge in [-0.2, -0.15) is 23.7 Å². The number of hydrogen-bond acceptors (Lipinski definition) is 3. The van der Waals surface area contributed by atoms with E-state index in [4.69, 9.17) is 10.5 Å². The lowest BCUT2D eigenvalue weighted by molar-refractivity contribution is -0.137.